The van der Waals surface area contributed by atoms with Crippen LogP contribution < -0.4 is 5.56 Å². The minimum absolute atomic E-state index is 0.0609. The van der Waals surface area contributed by atoms with Crippen LogP contribution in [0.2, 0.25) is 0 Å². The van der Waals surface area contributed by atoms with E-state index in [-0.39, 0.29) is 5.56 Å². The second-order valence-corrected chi connectivity index (χ2v) is 7.31. The van der Waals surface area contributed by atoms with Gasteiger partial charge in [-0.15, -0.1) is 11.3 Å². The van der Waals surface area contributed by atoms with E-state index < -0.39 is 11.9 Å². The van der Waals surface area contributed by atoms with E-state index >= 15 is 0 Å². The van der Waals surface area contributed by atoms with Gasteiger partial charge in [0.25, 0.3) is 5.56 Å². The summed E-state index contributed by atoms with van der Waals surface area (Å²) in [5.41, 5.74) is 0.680. The van der Waals surface area contributed by atoms with Crippen LogP contribution in [0.25, 0.3) is 10.2 Å². The van der Waals surface area contributed by atoms with Crippen LogP contribution in [0.1, 0.15) is 61.2 Å². The molecule has 1 aliphatic rings. The molecule has 0 aromatic carbocycles. The summed E-state index contributed by atoms with van der Waals surface area (Å²) >= 11 is 1.50. The van der Waals surface area contributed by atoms with Crippen molar-refractivity contribution in [3.05, 3.63) is 26.6 Å². The van der Waals surface area contributed by atoms with Gasteiger partial charge < -0.3 is 5.11 Å². The van der Waals surface area contributed by atoms with Gasteiger partial charge in [0.1, 0.15) is 10.7 Å². The van der Waals surface area contributed by atoms with E-state index in [9.17, 15) is 14.7 Å². The summed E-state index contributed by atoms with van der Waals surface area (Å²) in [5.74, 6) is -0.666. The lowest BCUT2D eigenvalue weighted by Crippen LogP contribution is -2.26. The van der Waals surface area contributed by atoms with E-state index in [0.29, 0.717) is 23.2 Å². The summed E-state index contributed by atoms with van der Waals surface area (Å²) in [6.45, 7) is 4.65. The standard InChI is InChI=1S/C17H22N2O3S/c1-3-4-5-9-19-10(2)18-15-14(16(19)20)13-11(17(21)22)7-6-8-12(13)23-15/h11H,3-9H2,1-2H3,(H,21,22). The van der Waals surface area contributed by atoms with Crippen molar-refractivity contribution in [2.24, 2.45) is 0 Å². The molecule has 0 saturated heterocycles. The van der Waals surface area contributed by atoms with Crippen LogP contribution in [0.3, 0.4) is 0 Å². The first kappa shape index (κ1) is 16.2. The number of unbranched alkanes of at least 4 members (excludes halogenated alkanes) is 2. The van der Waals surface area contributed by atoms with Gasteiger partial charge in [-0.3, -0.25) is 14.2 Å². The number of fused-ring (bicyclic) bond motifs is 3. The molecule has 0 aliphatic heterocycles. The normalized spacial score (nSPS) is 17.4. The van der Waals surface area contributed by atoms with E-state index in [1.54, 1.807) is 4.57 Å². The molecular weight excluding hydrogens is 312 g/mol. The topological polar surface area (TPSA) is 72.2 Å². The van der Waals surface area contributed by atoms with Crippen molar-refractivity contribution >= 4 is 27.5 Å². The predicted octanol–water partition coefficient (Wildman–Crippen LogP) is 3.46. The molecule has 3 rings (SSSR count). The zero-order valence-electron chi connectivity index (χ0n) is 13.6. The van der Waals surface area contributed by atoms with Crippen molar-refractivity contribution in [1.82, 2.24) is 9.55 Å². The third-order valence-corrected chi connectivity index (χ3v) is 5.80. The van der Waals surface area contributed by atoms with Gasteiger partial charge >= 0.3 is 5.97 Å². The maximum absolute atomic E-state index is 13.0. The maximum Gasteiger partial charge on any atom is 0.311 e. The van der Waals surface area contributed by atoms with E-state index in [1.807, 2.05) is 6.92 Å². The molecule has 0 bridgehead atoms. The highest BCUT2D eigenvalue weighted by molar-refractivity contribution is 7.18. The molecule has 0 spiro atoms. The molecule has 2 aromatic heterocycles. The Labute approximate surface area is 139 Å². The Morgan fingerprint density at radius 1 is 1.43 bits per heavy atom. The monoisotopic (exact) mass is 334 g/mol. The molecule has 1 atom stereocenters. The molecule has 5 nitrogen and oxygen atoms in total. The second kappa shape index (κ2) is 6.43. The number of aryl methyl sites for hydroxylation is 2. The highest BCUT2D eigenvalue weighted by Gasteiger charge is 2.32. The van der Waals surface area contributed by atoms with Crippen LogP contribution in [0, 0.1) is 6.92 Å². The highest BCUT2D eigenvalue weighted by Crippen LogP contribution is 2.40. The van der Waals surface area contributed by atoms with Crippen molar-refractivity contribution in [1.29, 1.82) is 0 Å². The molecule has 0 saturated carbocycles. The number of aromatic nitrogens is 2. The van der Waals surface area contributed by atoms with Crippen molar-refractivity contribution in [3.8, 4) is 0 Å². The minimum atomic E-state index is -0.830. The van der Waals surface area contributed by atoms with E-state index in [1.165, 1.54) is 11.3 Å². The number of hydrogen-bond donors (Lipinski definition) is 1. The number of hydrogen-bond acceptors (Lipinski definition) is 4. The van der Waals surface area contributed by atoms with Gasteiger partial charge in [0, 0.05) is 11.4 Å². The summed E-state index contributed by atoms with van der Waals surface area (Å²) in [4.78, 5) is 30.9. The van der Waals surface area contributed by atoms with Gasteiger partial charge in [-0.25, -0.2) is 4.98 Å². The molecule has 1 unspecified atom stereocenters. The number of aliphatic carboxylic acids is 1. The number of rotatable bonds is 5. The minimum Gasteiger partial charge on any atom is -0.481 e. The van der Waals surface area contributed by atoms with Crippen molar-refractivity contribution < 1.29 is 9.90 Å². The summed E-state index contributed by atoms with van der Waals surface area (Å²) in [6.07, 6.45) is 5.44. The average Bonchev–Trinajstić information content (AvgIpc) is 2.88. The van der Waals surface area contributed by atoms with Gasteiger partial charge in [0.15, 0.2) is 0 Å². The number of carbonyl (C=O) groups is 1. The highest BCUT2D eigenvalue weighted by atomic mass is 32.1. The van der Waals surface area contributed by atoms with Crippen molar-refractivity contribution in [2.75, 3.05) is 0 Å². The number of thiophene rings is 1. The quantitative estimate of drug-likeness (QED) is 0.850. The van der Waals surface area contributed by atoms with Crippen molar-refractivity contribution in [3.63, 3.8) is 0 Å². The Bertz CT molecular complexity index is 806. The molecule has 0 amide bonds. The molecule has 2 aromatic rings. The van der Waals surface area contributed by atoms with Crippen LogP contribution in [0.4, 0.5) is 0 Å². The summed E-state index contributed by atoms with van der Waals surface area (Å²) in [7, 11) is 0. The fraction of sp³-hybridized carbons (Fsp3) is 0.588. The number of carboxylic acid groups (broad SMARTS) is 1. The molecular formula is C17H22N2O3S. The zero-order valence-corrected chi connectivity index (χ0v) is 14.4. The van der Waals surface area contributed by atoms with Gasteiger partial charge in [-0.2, -0.15) is 0 Å². The SMILES string of the molecule is CCCCCn1c(C)nc2sc3c(c2c1=O)C(C(=O)O)CCC3. The Kier molecular flexibility index (Phi) is 4.53. The zero-order chi connectivity index (χ0) is 16.6. The molecule has 1 N–H and O–H groups in total. The third-order valence-electron chi connectivity index (χ3n) is 4.64. The van der Waals surface area contributed by atoms with E-state index in [0.717, 1.165) is 48.4 Å². The van der Waals surface area contributed by atoms with Gasteiger partial charge in [-0.1, -0.05) is 19.8 Å². The first-order valence-electron chi connectivity index (χ1n) is 8.30. The van der Waals surface area contributed by atoms with Gasteiger partial charge in [-0.05, 0) is 38.2 Å². The van der Waals surface area contributed by atoms with Crippen LogP contribution in [0.15, 0.2) is 4.79 Å². The molecule has 1 aliphatic carbocycles. The Hall–Kier alpha value is -1.69. The second-order valence-electron chi connectivity index (χ2n) is 6.23. The lowest BCUT2D eigenvalue weighted by atomic mass is 9.86. The molecule has 23 heavy (non-hydrogen) atoms. The lowest BCUT2D eigenvalue weighted by molar-refractivity contribution is -0.139. The molecule has 2 heterocycles. The van der Waals surface area contributed by atoms with Gasteiger partial charge in [0.2, 0.25) is 0 Å². The fourth-order valence-electron chi connectivity index (χ4n) is 3.45. The van der Waals surface area contributed by atoms with E-state index in [4.69, 9.17) is 0 Å². The number of nitrogens with zero attached hydrogens (tertiary/aromatic N) is 2. The average molecular weight is 334 g/mol. The molecule has 0 radical (unpaired) electrons. The number of carboxylic acids is 1. The smallest absolute Gasteiger partial charge is 0.311 e. The molecule has 0 fully saturated rings. The molecule has 124 valence electrons. The Balaban J connectivity index is 2.17. The Morgan fingerprint density at radius 3 is 2.91 bits per heavy atom. The third kappa shape index (κ3) is 2.80. The lowest BCUT2D eigenvalue weighted by Gasteiger charge is -2.19. The predicted molar refractivity (Wildman–Crippen MR) is 91.5 cm³/mol. The van der Waals surface area contributed by atoms with Crippen molar-refractivity contribution in [2.45, 2.75) is 64.8 Å². The Morgan fingerprint density at radius 2 is 2.22 bits per heavy atom. The fourth-order valence-corrected chi connectivity index (χ4v) is 4.76. The van der Waals surface area contributed by atoms with Crippen LogP contribution >= 0.6 is 11.3 Å². The first-order valence-corrected chi connectivity index (χ1v) is 9.11. The summed E-state index contributed by atoms with van der Waals surface area (Å²) < 4.78 is 1.72. The van der Waals surface area contributed by atoms with E-state index in [2.05, 4.69) is 11.9 Å². The van der Waals surface area contributed by atoms with Crippen LogP contribution in [-0.4, -0.2) is 20.6 Å². The molecule has 6 heteroatoms. The van der Waals surface area contributed by atoms with Crippen LogP contribution in [-0.2, 0) is 17.8 Å². The maximum atomic E-state index is 13.0. The first-order chi connectivity index (χ1) is 11.0. The van der Waals surface area contributed by atoms with Gasteiger partial charge in [0.05, 0.1) is 11.3 Å². The summed E-state index contributed by atoms with van der Waals surface area (Å²) in [5, 5.41) is 10.1. The largest absolute Gasteiger partial charge is 0.481 e. The van der Waals surface area contributed by atoms with Crippen LogP contribution in [0.5, 0.6) is 0 Å². The summed E-state index contributed by atoms with van der Waals surface area (Å²) in [6, 6.07) is 0.